The Morgan fingerprint density at radius 3 is 2.76 bits per heavy atom. The monoisotopic (exact) mass is 298 g/mol. The second-order valence-electron chi connectivity index (χ2n) is 4.56. The fraction of sp³-hybridized carbons (Fsp3) is 0.429. The fourth-order valence-electron chi connectivity index (χ4n) is 2.03. The number of hydrogen-bond donors (Lipinski definition) is 0. The largest absolute Gasteiger partial charge is 0.493 e. The van der Waals surface area contributed by atoms with Gasteiger partial charge in [0.15, 0.2) is 11.5 Å². The highest BCUT2D eigenvalue weighted by atomic mass is 19.3. The first-order valence-electron chi connectivity index (χ1n) is 6.55. The molecule has 0 N–H and O–H groups in total. The minimum absolute atomic E-state index is 0.115. The Hall–Kier alpha value is -2.18. The number of halogens is 2. The number of amides is 1. The van der Waals surface area contributed by atoms with E-state index >= 15 is 0 Å². The van der Waals surface area contributed by atoms with E-state index in [4.69, 9.17) is 4.74 Å². The van der Waals surface area contributed by atoms with Crippen molar-refractivity contribution in [3.63, 3.8) is 0 Å². The molecule has 1 heterocycles. The number of carbonyl (C=O) groups excluding carboxylic acids is 1. The van der Waals surface area contributed by atoms with Gasteiger partial charge < -0.3 is 9.47 Å². The summed E-state index contributed by atoms with van der Waals surface area (Å²) >= 11 is 0. The number of anilines is 1. The van der Waals surface area contributed by atoms with Crippen LogP contribution in [0.3, 0.4) is 0 Å². The topological polar surface area (TPSA) is 51.1 Å². The van der Waals surface area contributed by atoms with Crippen LogP contribution in [0.4, 0.5) is 14.5 Å². The van der Waals surface area contributed by atoms with Gasteiger partial charge in [-0.05, 0) is 18.6 Å². The summed E-state index contributed by atoms with van der Waals surface area (Å²) in [6, 6.07) is 4.34. The van der Waals surface area contributed by atoms with Crippen LogP contribution in [0.25, 0.3) is 0 Å². The second kappa shape index (κ2) is 6.51. The maximum Gasteiger partial charge on any atom is 0.387 e. The summed E-state index contributed by atoms with van der Waals surface area (Å²) in [5.74, 6) is -0.0363. The highest BCUT2D eigenvalue weighted by Gasteiger charge is 2.24. The van der Waals surface area contributed by atoms with Gasteiger partial charge in [0.2, 0.25) is 5.91 Å². The maximum atomic E-state index is 12.4. The van der Waals surface area contributed by atoms with Gasteiger partial charge in [-0.1, -0.05) is 6.92 Å². The first-order chi connectivity index (χ1) is 10.0. The van der Waals surface area contributed by atoms with Gasteiger partial charge in [-0.3, -0.25) is 4.79 Å². The van der Waals surface area contributed by atoms with Crippen molar-refractivity contribution in [2.75, 3.05) is 12.1 Å². The predicted molar refractivity (Wildman–Crippen MR) is 74.0 cm³/mol. The van der Waals surface area contributed by atoms with Crippen molar-refractivity contribution in [2.24, 2.45) is 11.0 Å². The van der Waals surface area contributed by atoms with Crippen molar-refractivity contribution >= 4 is 17.8 Å². The van der Waals surface area contributed by atoms with E-state index in [1.165, 1.54) is 24.3 Å². The van der Waals surface area contributed by atoms with Crippen LogP contribution >= 0.6 is 0 Å². The second-order valence-corrected chi connectivity index (χ2v) is 4.56. The molecule has 0 bridgehead atoms. The number of methoxy groups -OCH3 is 1. The van der Waals surface area contributed by atoms with E-state index in [1.807, 2.05) is 6.92 Å². The average Bonchev–Trinajstić information content (AvgIpc) is 2.46. The van der Waals surface area contributed by atoms with Crippen molar-refractivity contribution in [1.82, 2.24) is 0 Å². The molecule has 1 aromatic rings. The van der Waals surface area contributed by atoms with Crippen molar-refractivity contribution in [3.8, 4) is 11.5 Å². The molecular weight excluding hydrogens is 282 g/mol. The van der Waals surface area contributed by atoms with Crippen molar-refractivity contribution in [2.45, 2.75) is 26.4 Å². The summed E-state index contributed by atoms with van der Waals surface area (Å²) in [5, 5.41) is 5.27. The van der Waals surface area contributed by atoms with E-state index in [0.717, 1.165) is 6.42 Å². The lowest BCUT2D eigenvalue weighted by Gasteiger charge is -2.24. The summed E-state index contributed by atoms with van der Waals surface area (Å²) < 4.78 is 34.1. The van der Waals surface area contributed by atoms with E-state index in [-0.39, 0.29) is 23.3 Å². The van der Waals surface area contributed by atoms with E-state index in [0.29, 0.717) is 12.1 Å². The summed E-state index contributed by atoms with van der Waals surface area (Å²) in [7, 11) is 1.35. The number of hydrazone groups is 1. The Morgan fingerprint density at radius 1 is 1.43 bits per heavy atom. The molecule has 114 valence electrons. The minimum Gasteiger partial charge on any atom is -0.493 e. The lowest BCUT2D eigenvalue weighted by atomic mass is 10.0. The Morgan fingerprint density at radius 2 is 2.19 bits per heavy atom. The lowest BCUT2D eigenvalue weighted by molar-refractivity contribution is -0.119. The fourth-order valence-corrected chi connectivity index (χ4v) is 2.03. The molecule has 1 amide bonds. The van der Waals surface area contributed by atoms with Gasteiger partial charge in [0, 0.05) is 24.6 Å². The molecule has 1 aliphatic heterocycles. The quantitative estimate of drug-likeness (QED) is 0.839. The highest BCUT2D eigenvalue weighted by molar-refractivity contribution is 5.97. The van der Waals surface area contributed by atoms with Gasteiger partial charge in [-0.15, -0.1) is 0 Å². The normalized spacial score (nSPS) is 18.2. The van der Waals surface area contributed by atoms with E-state index in [1.54, 1.807) is 12.3 Å². The van der Waals surface area contributed by atoms with Gasteiger partial charge >= 0.3 is 6.61 Å². The molecule has 0 fully saturated rings. The first kappa shape index (κ1) is 15.2. The number of benzene rings is 1. The number of alkyl halides is 2. The van der Waals surface area contributed by atoms with Gasteiger partial charge in [-0.2, -0.15) is 13.9 Å². The summed E-state index contributed by atoms with van der Waals surface area (Å²) in [6.07, 6.45) is 2.86. The van der Waals surface area contributed by atoms with Gasteiger partial charge in [0.25, 0.3) is 0 Å². The van der Waals surface area contributed by atoms with Crippen LogP contribution in [-0.2, 0) is 4.79 Å². The van der Waals surface area contributed by atoms with E-state index in [9.17, 15) is 13.6 Å². The standard InChI is InChI=1S/C14H16F2N2O3/c1-3-9-6-13(19)18(17-8-9)10-4-5-11(20-2)12(7-10)21-14(15)16/h4-5,7-9,14H,3,6H2,1-2H3. The zero-order valence-electron chi connectivity index (χ0n) is 11.8. The number of carbonyl (C=O) groups is 1. The van der Waals surface area contributed by atoms with Gasteiger partial charge in [-0.25, -0.2) is 5.01 Å². The highest BCUT2D eigenvalue weighted by Crippen LogP contribution is 2.34. The smallest absolute Gasteiger partial charge is 0.387 e. The van der Waals surface area contributed by atoms with Crippen LogP contribution < -0.4 is 14.5 Å². The third kappa shape index (κ3) is 3.48. The van der Waals surface area contributed by atoms with Crippen LogP contribution in [0.15, 0.2) is 23.3 Å². The molecule has 0 spiro atoms. The molecule has 7 heteroatoms. The molecular formula is C14H16F2N2O3. The molecule has 0 aromatic heterocycles. The van der Waals surface area contributed by atoms with E-state index < -0.39 is 6.61 Å². The molecule has 21 heavy (non-hydrogen) atoms. The molecule has 1 unspecified atom stereocenters. The van der Waals surface area contributed by atoms with E-state index in [2.05, 4.69) is 9.84 Å². The number of hydrogen-bond acceptors (Lipinski definition) is 4. The zero-order valence-corrected chi connectivity index (χ0v) is 11.8. The predicted octanol–water partition coefficient (Wildman–Crippen LogP) is 3.05. The molecule has 2 rings (SSSR count). The molecule has 0 aliphatic carbocycles. The molecule has 1 atom stereocenters. The van der Waals surface area contributed by atoms with Gasteiger partial charge in [0.1, 0.15) is 0 Å². The van der Waals surface area contributed by atoms with Crippen LogP contribution in [0, 0.1) is 5.92 Å². The third-order valence-electron chi connectivity index (χ3n) is 3.20. The third-order valence-corrected chi connectivity index (χ3v) is 3.20. The van der Waals surface area contributed by atoms with Crippen LogP contribution in [0.2, 0.25) is 0 Å². The number of ether oxygens (including phenoxy) is 2. The van der Waals surface area contributed by atoms with Crippen LogP contribution in [0.1, 0.15) is 19.8 Å². The zero-order chi connectivity index (χ0) is 15.4. The summed E-state index contributed by atoms with van der Waals surface area (Å²) in [5.41, 5.74) is 0.363. The molecule has 5 nitrogen and oxygen atoms in total. The molecule has 0 saturated carbocycles. The average molecular weight is 298 g/mol. The van der Waals surface area contributed by atoms with Crippen LogP contribution in [0.5, 0.6) is 11.5 Å². The Bertz CT molecular complexity index is 549. The van der Waals surface area contributed by atoms with Crippen molar-refractivity contribution in [3.05, 3.63) is 18.2 Å². The van der Waals surface area contributed by atoms with Crippen molar-refractivity contribution in [1.29, 1.82) is 0 Å². The van der Waals surface area contributed by atoms with Crippen LogP contribution in [-0.4, -0.2) is 25.8 Å². The Kier molecular flexibility index (Phi) is 4.72. The summed E-state index contributed by atoms with van der Waals surface area (Å²) in [6.45, 7) is -0.999. The van der Waals surface area contributed by atoms with Gasteiger partial charge in [0.05, 0.1) is 12.8 Å². The first-order valence-corrected chi connectivity index (χ1v) is 6.55. The Labute approximate surface area is 121 Å². The molecule has 0 radical (unpaired) electrons. The minimum atomic E-state index is -2.97. The Balaban J connectivity index is 2.30. The van der Waals surface area contributed by atoms with Crippen molar-refractivity contribution < 1.29 is 23.0 Å². The molecule has 1 aromatic carbocycles. The number of rotatable bonds is 5. The lowest BCUT2D eigenvalue weighted by Crippen LogP contribution is -2.32. The molecule has 0 saturated heterocycles. The maximum absolute atomic E-state index is 12.4. The summed E-state index contributed by atoms with van der Waals surface area (Å²) in [4.78, 5) is 12.0. The number of nitrogens with zero attached hydrogens (tertiary/aromatic N) is 2. The molecule has 1 aliphatic rings. The SMILES string of the molecule is CCC1C=NN(c2ccc(OC)c(OC(F)F)c2)C(=O)C1.